The third kappa shape index (κ3) is 3.99. The zero-order chi connectivity index (χ0) is 34.6. The highest BCUT2D eigenvalue weighted by Gasteiger charge is 2.37. The van der Waals surface area contributed by atoms with E-state index in [-0.39, 0.29) is 5.41 Å². The second-order valence-electron chi connectivity index (χ2n) is 14.8. The third-order valence-corrected chi connectivity index (χ3v) is 11.7. The molecule has 10 aromatic rings. The first-order valence-electron chi connectivity index (χ1n) is 18.2. The lowest BCUT2D eigenvalue weighted by Crippen LogP contribution is -2.14. The molecule has 1 heterocycles. The monoisotopic (exact) mass is 662 g/mol. The first-order chi connectivity index (χ1) is 25.6. The predicted octanol–water partition coefficient (Wildman–Crippen LogP) is 14.4. The quantitative estimate of drug-likeness (QED) is 0.172. The fourth-order valence-electron chi connectivity index (χ4n) is 9.32. The summed E-state index contributed by atoms with van der Waals surface area (Å²) in [5.41, 5.74) is 14.6. The van der Waals surface area contributed by atoms with Gasteiger partial charge in [0.2, 0.25) is 0 Å². The highest BCUT2D eigenvalue weighted by molar-refractivity contribution is 6.24. The van der Waals surface area contributed by atoms with Gasteiger partial charge in [0.05, 0.1) is 0 Å². The van der Waals surface area contributed by atoms with Crippen molar-refractivity contribution in [1.82, 2.24) is 0 Å². The SMILES string of the molecule is CC1(C)c2cc(-c3cccc4c(-c5c6ccccc6c(-c6ccccc6)c6ccccc56)cccc34)ccc2-c2c1ccc1oc3ccccc3c21. The molecule has 0 fully saturated rings. The fraction of sp³-hybridized carbons (Fsp3) is 0.0588. The van der Waals surface area contributed by atoms with Crippen LogP contribution in [0, 0.1) is 0 Å². The van der Waals surface area contributed by atoms with Gasteiger partial charge in [-0.15, -0.1) is 0 Å². The lowest BCUT2D eigenvalue weighted by Gasteiger charge is -2.22. The molecule has 52 heavy (non-hydrogen) atoms. The summed E-state index contributed by atoms with van der Waals surface area (Å²) in [6.07, 6.45) is 0. The van der Waals surface area contributed by atoms with E-state index in [1.165, 1.54) is 98.7 Å². The van der Waals surface area contributed by atoms with Crippen molar-refractivity contribution in [3.8, 4) is 44.5 Å². The minimum absolute atomic E-state index is 0.151. The molecule has 0 N–H and O–H groups in total. The van der Waals surface area contributed by atoms with Crippen LogP contribution >= 0.6 is 0 Å². The zero-order valence-corrected chi connectivity index (χ0v) is 29.1. The summed E-state index contributed by atoms with van der Waals surface area (Å²) >= 11 is 0. The average molecular weight is 663 g/mol. The van der Waals surface area contributed by atoms with Gasteiger partial charge in [-0.1, -0.05) is 166 Å². The number of para-hydroxylation sites is 1. The van der Waals surface area contributed by atoms with Crippen molar-refractivity contribution in [3.63, 3.8) is 0 Å². The molecule has 0 saturated carbocycles. The van der Waals surface area contributed by atoms with Crippen molar-refractivity contribution < 1.29 is 4.42 Å². The van der Waals surface area contributed by atoms with Crippen LogP contribution in [0.5, 0.6) is 0 Å². The van der Waals surface area contributed by atoms with E-state index in [9.17, 15) is 0 Å². The molecule has 0 unspecified atom stereocenters. The van der Waals surface area contributed by atoms with E-state index in [2.05, 4.69) is 184 Å². The molecule has 1 aliphatic carbocycles. The highest BCUT2D eigenvalue weighted by Crippen LogP contribution is 2.54. The molecule has 0 atom stereocenters. The van der Waals surface area contributed by atoms with Crippen LogP contribution in [0.2, 0.25) is 0 Å². The van der Waals surface area contributed by atoms with Crippen LogP contribution in [0.15, 0.2) is 174 Å². The molecule has 1 nitrogen and oxygen atoms in total. The van der Waals surface area contributed by atoms with Crippen LogP contribution in [0.4, 0.5) is 0 Å². The Morgan fingerprint density at radius 1 is 0.346 bits per heavy atom. The van der Waals surface area contributed by atoms with Crippen molar-refractivity contribution >= 4 is 54.3 Å². The van der Waals surface area contributed by atoms with E-state index < -0.39 is 0 Å². The number of hydrogen-bond acceptors (Lipinski definition) is 1. The van der Waals surface area contributed by atoms with Gasteiger partial charge in [0.15, 0.2) is 0 Å². The van der Waals surface area contributed by atoms with Gasteiger partial charge in [0.25, 0.3) is 0 Å². The Labute approximate surface area is 302 Å². The molecule has 0 aliphatic heterocycles. The van der Waals surface area contributed by atoms with E-state index in [4.69, 9.17) is 4.42 Å². The summed E-state index contributed by atoms with van der Waals surface area (Å²) in [6, 6.07) is 62.4. The Morgan fingerprint density at radius 3 is 1.63 bits per heavy atom. The van der Waals surface area contributed by atoms with Crippen LogP contribution in [0.3, 0.4) is 0 Å². The minimum Gasteiger partial charge on any atom is -0.456 e. The highest BCUT2D eigenvalue weighted by atomic mass is 16.3. The van der Waals surface area contributed by atoms with E-state index in [1.54, 1.807) is 0 Å². The molecule has 0 amide bonds. The van der Waals surface area contributed by atoms with Crippen molar-refractivity contribution in [2.45, 2.75) is 19.3 Å². The number of rotatable bonds is 3. The summed E-state index contributed by atoms with van der Waals surface area (Å²) in [4.78, 5) is 0. The Hall–Kier alpha value is -6.44. The molecule has 0 bridgehead atoms. The van der Waals surface area contributed by atoms with Crippen LogP contribution in [0.25, 0.3) is 98.8 Å². The Bertz CT molecular complexity index is 3030. The van der Waals surface area contributed by atoms with Crippen LogP contribution in [0.1, 0.15) is 25.0 Å². The number of hydrogen-bond donors (Lipinski definition) is 0. The van der Waals surface area contributed by atoms with Crippen molar-refractivity contribution in [2.75, 3.05) is 0 Å². The fourth-order valence-corrected chi connectivity index (χ4v) is 9.32. The number of benzene rings is 9. The predicted molar refractivity (Wildman–Crippen MR) is 220 cm³/mol. The molecule has 11 rings (SSSR count). The zero-order valence-electron chi connectivity index (χ0n) is 29.1. The molecular weight excluding hydrogens is 629 g/mol. The first kappa shape index (κ1) is 29.3. The number of furan rings is 1. The van der Waals surface area contributed by atoms with Gasteiger partial charge >= 0.3 is 0 Å². The molecule has 0 spiro atoms. The van der Waals surface area contributed by atoms with Gasteiger partial charge in [0, 0.05) is 16.2 Å². The molecule has 244 valence electrons. The normalized spacial score (nSPS) is 13.3. The van der Waals surface area contributed by atoms with Gasteiger partial charge in [-0.05, 0) is 106 Å². The van der Waals surface area contributed by atoms with Crippen LogP contribution in [-0.2, 0) is 5.41 Å². The van der Waals surface area contributed by atoms with Crippen LogP contribution in [-0.4, -0.2) is 0 Å². The lowest BCUT2D eigenvalue weighted by molar-refractivity contribution is 0.657. The Morgan fingerprint density at radius 2 is 0.923 bits per heavy atom. The molecule has 1 heteroatoms. The van der Waals surface area contributed by atoms with Gasteiger partial charge in [0.1, 0.15) is 11.2 Å². The van der Waals surface area contributed by atoms with Crippen molar-refractivity contribution in [1.29, 1.82) is 0 Å². The summed E-state index contributed by atoms with van der Waals surface area (Å²) < 4.78 is 6.33. The topological polar surface area (TPSA) is 13.1 Å². The summed E-state index contributed by atoms with van der Waals surface area (Å²) in [6.45, 7) is 4.73. The van der Waals surface area contributed by atoms with Gasteiger partial charge in [-0.3, -0.25) is 0 Å². The summed E-state index contributed by atoms with van der Waals surface area (Å²) in [5.74, 6) is 0. The van der Waals surface area contributed by atoms with Gasteiger partial charge in [-0.2, -0.15) is 0 Å². The van der Waals surface area contributed by atoms with Gasteiger partial charge in [-0.25, -0.2) is 0 Å². The summed E-state index contributed by atoms with van der Waals surface area (Å²) in [7, 11) is 0. The first-order valence-corrected chi connectivity index (χ1v) is 18.2. The minimum atomic E-state index is -0.151. The summed E-state index contributed by atoms with van der Waals surface area (Å²) in [5, 5.41) is 10.0. The smallest absolute Gasteiger partial charge is 0.136 e. The number of fused-ring (bicyclic) bond motifs is 10. The maximum atomic E-state index is 6.33. The van der Waals surface area contributed by atoms with E-state index in [1.807, 2.05) is 0 Å². The molecule has 9 aromatic carbocycles. The van der Waals surface area contributed by atoms with Crippen molar-refractivity contribution in [3.05, 3.63) is 181 Å². The molecular formula is C51H34O. The lowest BCUT2D eigenvalue weighted by atomic mass is 9.81. The second-order valence-corrected chi connectivity index (χ2v) is 14.8. The molecule has 1 aromatic heterocycles. The van der Waals surface area contributed by atoms with Crippen molar-refractivity contribution in [2.24, 2.45) is 0 Å². The average Bonchev–Trinajstić information content (AvgIpc) is 3.68. The van der Waals surface area contributed by atoms with Gasteiger partial charge < -0.3 is 4.42 Å². The maximum Gasteiger partial charge on any atom is 0.136 e. The van der Waals surface area contributed by atoms with E-state index >= 15 is 0 Å². The Balaban J connectivity index is 1.14. The van der Waals surface area contributed by atoms with E-state index in [0.717, 1.165) is 11.2 Å². The third-order valence-electron chi connectivity index (χ3n) is 11.7. The largest absolute Gasteiger partial charge is 0.456 e. The molecule has 0 radical (unpaired) electrons. The Kier molecular flexibility index (Phi) is 6.08. The maximum absolute atomic E-state index is 6.33. The van der Waals surface area contributed by atoms with E-state index in [0.29, 0.717) is 0 Å². The molecule has 1 aliphatic rings. The standard InChI is InChI=1S/C51H34O/c1-51(2)43-28-29-46-50(42-20-10-11-25-45(42)52-46)49(43)41-27-26-32(30-44(41)51)33-21-12-23-35-34(33)22-13-24-36(35)48-39-18-8-6-16-37(39)47(31-14-4-3-5-15-31)38-17-7-9-19-40(38)48/h3-30H,1-2H3. The second kappa shape index (κ2) is 10.8. The van der Waals surface area contributed by atoms with Crippen LogP contribution < -0.4 is 0 Å². The molecule has 0 saturated heterocycles.